The Hall–Kier alpha value is -1.43. The summed E-state index contributed by atoms with van der Waals surface area (Å²) in [4.78, 5) is 34.7. The Morgan fingerprint density at radius 2 is 1.21 bits per heavy atom. The topological polar surface area (TPSA) is 89.9 Å². The molecule has 0 aromatic heterocycles. The number of rotatable bonds is 5. The summed E-state index contributed by atoms with van der Waals surface area (Å²) >= 11 is 0. The van der Waals surface area contributed by atoms with Crippen LogP contribution in [0.15, 0.2) is 0 Å². The molecule has 6 nitrogen and oxygen atoms in total. The Morgan fingerprint density at radius 3 is 1.53 bits per heavy atom. The molecule has 0 unspecified atom stereocenters. The van der Waals surface area contributed by atoms with Crippen molar-refractivity contribution in [2.45, 2.75) is 65.3 Å². The van der Waals surface area contributed by atoms with Crippen molar-refractivity contribution in [3.05, 3.63) is 0 Å². The molecular formula is C13H28O6. The van der Waals surface area contributed by atoms with Crippen molar-refractivity contribution in [2.24, 2.45) is 0 Å². The quantitative estimate of drug-likeness (QED) is 0.771. The molecule has 0 rings (SSSR count). The molecule has 116 valence electrons. The van der Waals surface area contributed by atoms with Gasteiger partial charge in [0.15, 0.2) is 17.0 Å². The number of Topliss-reactive ketones (excluding diaryl/α,β-unsaturated/α-hetero) is 1. The number of hydrogen-bond acceptors (Lipinski definition) is 6. The van der Waals surface area contributed by atoms with Gasteiger partial charge in [0, 0.05) is 4.28 Å². The Balaban J connectivity index is -0.000000540. The molecule has 0 bridgehead atoms. The van der Waals surface area contributed by atoms with Gasteiger partial charge < -0.3 is 14.6 Å². The first-order valence-corrected chi connectivity index (χ1v) is 5.90. The highest BCUT2D eigenvalue weighted by atomic mass is 16.6. The molecule has 0 saturated heterocycles. The van der Waals surface area contributed by atoms with Crippen LogP contribution in [-0.4, -0.2) is 39.6 Å². The zero-order chi connectivity index (χ0) is 15.6. The second-order valence-electron chi connectivity index (χ2n) is 5.91. The molecule has 0 amide bonds. The molecule has 0 fully saturated rings. The van der Waals surface area contributed by atoms with E-state index < -0.39 is 28.7 Å². The maximum atomic E-state index is 11.9. The highest BCUT2D eigenvalue weighted by Gasteiger charge is 2.41. The maximum absolute atomic E-state index is 11.9. The van der Waals surface area contributed by atoms with Crippen LogP contribution in [0, 0.1) is 0 Å². The van der Waals surface area contributed by atoms with Gasteiger partial charge in [0.05, 0.1) is 0 Å². The number of esters is 2. The maximum Gasteiger partial charge on any atom is 0.350 e. The second kappa shape index (κ2) is 5.28. The monoisotopic (exact) mass is 280 g/mol. The van der Waals surface area contributed by atoms with Gasteiger partial charge in [-0.2, -0.15) is 0 Å². The Labute approximate surface area is 117 Å². The predicted octanol–water partition coefficient (Wildman–Crippen LogP) is 1.73. The van der Waals surface area contributed by atoms with E-state index in [1.165, 1.54) is 48.5 Å². The van der Waals surface area contributed by atoms with E-state index in [2.05, 4.69) is 0 Å². The van der Waals surface area contributed by atoms with Crippen LogP contribution < -0.4 is 0 Å². The highest BCUT2D eigenvalue weighted by molar-refractivity contribution is 5.90. The number of aliphatic hydroxyl groups is 1. The third kappa shape index (κ3) is 4.98. The van der Waals surface area contributed by atoms with Crippen molar-refractivity contribution in [3.63, 3.8) is 0 Å². The molecule has 19 heavy (non-hydrogen) atoms. The summed E-state index contributed by atoms with van der Waals surface area (Å²) < 4.78 is 9.95. The van der Waals surface area contributed by atoms with Gasteiger partial charge in [0.25, 0.3) is 0 Å². The molecule has 0 aromatic carbocycles. The number of carbonyl (C=O) groups excluding carboxylic acids is 3. The summed E-state index contributed by atoms with van der Waals surface area (Å²) in [6, 6.07) is 0. The van der Waals surface area contributed by atoms with E-state index >= 15 is 0 Å². The van der Waals surface area contributed by atoms with Crippen LogP contribution in [0.4, 0.5) is 0 Å². The van der Waals surface area contributed by atoms with Gasteiger partial charge in [-0.1, -0.05) is 0 Å². The van der Waals surface area contributed by atoms with E-state index in [1.54, 1.807) is 0 Å². The van der Waals surface area contributed by atoms with Gasteiger partial charge in [-0.3, -0.25) is 4.79 Å². The molecule has 0 heterocycles. The summed E-state index contributed by atoms with van der Waals surface area (Å²) in [6.45, 7) is 9.34. The lowest BCUT2D eigenvalue weighted by molar-refractivity contribution is -0.195. The largest absolute Gasteiger partial charge is 0.449 e. The zero-order valence-electron chi connectivity index (χ0n) is 12.5. The molecule has 0 spiro atoms. The summed E-state index contributed by atoms with van der Waals surface area (Å²) in [5, 5.41) is 9.47. The van der Waals surface area contributed by atoms with Crippen molar-refractivity contribution in [1.29, 1.82) is 0 Å². The summed E-state index contributed by atoms with van der Waals surface area (Å²) in [7, 11) is 0. The fourth-order valence-electron chi connectivity index (χ4n) is 0.825. The van der Waals surface area contributed by atoms with Gasteiger partial charge >= 0.3 is 11.9 Å². The molecule has 0 aliphatic rings. The predicted molar refractivity (Wildman–Crippen MR) is 73.7 cm³/mol. The summed E-state index contributed by atoms with van der Waals surface area (Å²) in [5.74, 6) is -2.13. The third-order valence-electron chi connectivity index (χ3n) is 2.53. The lowest BCUT2D eigenvalue weighted by Crippen LogP contribution is -2.48. The van der Waals surface area contributed by atoms with Crippen LogP contribution in [0.5, 0.6) is 0 Å². The lowest BCUT2D eigenvalue weighted by Gasteiger charge is -2.30. The molecule has 0 saturated carbocycles. The first-order valence-electron chi connectivity index (χ1n) is 5.90. The molecule has 0 radical (unpaired) electrons. The van der Waals surface area contributed by atoms with Gasteiger partial charge in [-0.15, -0.1) is 0 Å². The minimum Gasteiger partial charge on any atom is -0.449 e. The minimum absolute atomic E-state index is 0. The molecule has 1 N–H and O–H groups in total. The van der Waals surface area contributed by atoms with Crippen molar-refractivity contribution in [1.82, 2.24) is 0 Å². The van der Waals surface area contributed by atoms with E-state index in [1.807, 2.05) is 0 Å². The van der Waals surface area contributed by atoms with E-state index in [0.717, 1.165) is 0 Å². The molecule has 0 atom stereocenters. The average Bonchev–Trinajstić information content (AvgIpc) is 2.14. The number of ketones is 1. The van der Waals surface area contributed by atoms with Crippen LogP contribution in [0.1, 0.15) is 52.7 Å². The van der Waals surface area contributed by atoms with Crippen LogP contribution in [0.3, 0.4) is 0 Å². The van der Waals surface area contributed by atoms with E-state index in [4.69, 9.17) is 9.47 Å². The fraction of sp³-hybridized carbons (Fsp3) is 0.769. The number of carbonyl (C=O) groups is 3. The molecular weight excluding hydrogens is 252 g/mol. The highest BCUT2D eigenvalue weighted by Crippen LogP contribution is 2.20. The molecule has 0 aliphatic carbocycles. The fourth-order valence-corrected chi connectivity index (χ4v) is 0.825. The van der Waals surface area contributed by atoms with Crippen molar-refractivity contribution in [3.8, 4) is 0 Å². The first kappa shape index (κ1) is 17.6. The third-order valence-corrected chi connectivity index (χ3v) is 2.53. The number of hydrogen-bond donors (Lipinski definition) is 1. The molecule has 0 aliphatic heterocycles. The summed E-state index contributed by atoms with van der Waals surface area (Å²) in [5.41, 5.74) is -4.60. The second-order valence-corrected chi connectivity index (χ2v) is 5.91. The van der Waals surface area contributed by atoms with Gasteiger partial charge in [-0.25, -0.2) is 9.59 Å². The van der Waals surface area contributed by atoms with Crippen LogP contribution in [-0.2, 0) is 23.9 Å². The first-order chi connectivity index (χ1) is 8.20. The lowest BCUT2D eigenvalue weighted by atomic mass is 10.0. The average molecular weight is 280 g/mol. The smallest absolute Gasteiger partial charge is 0.350 e. The van der Waals surface area contributed by atoms with E-state index in [9.17, 15) is 19.5 Å². The standard InChI is InChI=1S/C13H22O6.3H2/c1-8(14)12(4,5)19-10(16)13(6,7)18-9(15)11(2,3)17;;;/h17H,1-7H3;3*1H. The zero-order valence-corrected chi connectivity index (χ0v) is 12.5. The Morgan fingerprint density at radius 1 is 0.842 bits per heavy atom. The van der Waals surface area contributed by atoms with Gasteiger partial charge in [0.1, 0.15) is 0 Å². The van der Waals surface area contributed by atoms with Gasteiger partial charge in [-0.05, 0) is 48.5 Å². The summed E-state index contributed by atoms with van der Waals surface area (Å²) in [6.07, 6.45) is 0. The van der Waals surface area contributed by atoms with Gasteiger partial charge in [0.2, 0.25) is 5.60 Å². The molecule has 0 aromatic rings. The number of ether oxygens (including phenoxy) is 2. The van der Waals surface area contributed by atoms with Crippen molar-refractivity contribution in [2.75, 3.05) is 0 Å². The Bertz CT molecular complexity index is 399. The van der Waals surface area contributed by atoms with Crippen molar-refractivity contribution >= 4 is 17.7 Å². The van der Waals surface area contributed by atoms with Crippen molar-refractivity contribution < 1.29 is 33.2 Å². The Kier molecular flexibility index (Phi) is 4.89. The minimum atomic E-state index is -1.71. The van der Waals surface area contributed by atoms with E-state index in [0.29, 0.717) is 0 Å². The molecule has 6 heteroatoms. The van der Waals surface area contributed by atoms with Crippen LogP contribution in [0.25, 0.3) is 0 Å². The van der Waals surface area contributed by atoms with Crippen LogP contribution in [0.2, 0.25) is 0 Å². The normalized spacial score (nSPS) is 12.8. The van der Waals surface area contributed by atoms with E-state index in [-0.39, 0.29) is 10.1 Å². The van der Waals surface area contributed by atoms with Crippen LogP contribution >= 0.6 is 0 Å². The SMILES string of the molecule is CC(=O)C(C)(C)OC(=O)C(C)(C)OC(=O)C(C)(C)O.[HH].[HH].[HH].